The van der Waals surface area contributed by atoms with Gasteiger partial charge in [0.15, 0.2) is 16.6 Å². The number of carbonyl (C=O) groups excluding carboxylic acids is 1. The number of amides is 1. The number of aromatic nitrogens is 1. The molecule has 206 valence electrons. The Kier molecular flexibility index (Phi) is 8.83. The van der Waals surface area contributed by atoms with E-state index in [1.165, 1.54) is 23.5 Å². The topological polar surface area (TPSA) is 92.3 Å². The Morgan fingerprint density at radius 1 is 1.05 bits per heavy atom. The molecule has 1 fully saturated rings. The van der Waals surface area contributed by atoms with E-state index in [1.807, 2.05) is 31.1 Å². The highest BCUT2D eigenvalue weighted by atomic mass is 35.5. The van der Waals surface area contributed by atoms with E-state index in [-0.39, 0.29) is 23.2 Å². The Labute approximate surface area is 233 Å². The third-order valence-corrected chi connectivity index (χ3v) is 9.72. The number of thiazole rings is 1. The highest BCUT2D eigenvalue weighted by molar-refractivity contribution is 7.89. The number of likely N-dealkylation sites (N-methyl/N-ethyl adjacent to an activating group) is 1. The second-order valence-electron chi connectivity index (χ2n) is 9.83. The summed E-state index contributed by atoms with van der Waals surface area (Å²) in [5, 5.41) is 0.573. The van der Waals surface area contributed by atoms with Crippen molar-refractivity contribution >= 4 is 55.0 Å². The molecule has 0 aliphatic carbocycles. The van der Waals surface area contributed by atoms with Crippen molar-refractivity contribution in [1.29, 1.82) is 0 Å². The van der Waals surface area contributed by atoms with Crippen molar-refractivity contribution in [2.75, 3.05) is 58.4 Å². The number of hydrogen-bond acceptors (Lipinski definition) is 8. The van der Waals surface area contributed by atoms with Crippen LogP contribution in [0.1, 0.15) is 30.1 Å². The largest absolute Gasteiger partial charge is 0.486 e. The van der Waals surface area contributed by atoms with E-state index in [4.69, 9.17) is 14.5 Å². The lowest BCUT2D eigenvalue weighted by molar-refractivity contribution is 0.0985. The molecule has 0 unspecified atom stereocenters. The zero-order valence-corrected chi connectivity index (χ0v) is 24.2. The van der Waals surface area contributed by atoms with Crippen LogP contribution in [0.3, 0.4) is 0 Å². The first kappa shape index (κ1) is 28.6. The van der Waals surface area contributed by atoms with Crippen LogP contribution in [0.4, 0.5) is 5.13 Å². The van der Waals surface area contributed by atoms with Gasteiger partial charge < -0.3 is 14.4 Å². The lowest BCUT2D eigenvalue weighted by atomic mass is 10.0. The third-order valence-electron chi connectivity index (χ3n) is 6.77. The monoisotopic (exact) mass is 580 g/mol. The number of halogens is 1. The van der Waals surface area contributed by atoms with Crippen LogP contribution in [-0.4, -0.2) is 82.0 Å². The van der Waals surface area contributed by atoms with Crippen LogP contribution >= 0.6 is 23.7 Å². The number of carbonyl (C=O) groups is 1. The molecule has 3 heterocycles. The number of fused-ring (bicyclic) bond motifs is 2. The first-order chi connectivity index (χ1) is 17.7. The lowest BCUT2D eigenvalue weighted by Crippen LogP contribution is -2.38. The van der Waals surface area contributed by atoms with Crippen molar-refractivity contribution in [2.45, 2.75) is 24.7 Å². The summed E-state index contributed by atoms with van der Waals surface area (Å²) in [6.07, 6.45) is 1.72. The predicted octanol–water partition coefficient (Wildman–Crippen LogP) is 4.12. The van der Waals surface area contributed by atoms with Gasteiger partial charge in [0.25, 0.3) is 5.91 Å². The van der Waals surface area contributed by atoms with Crippen LogP contribution in [0.15, 0.2) is 41.3 Å². The fourth-order valence-electron chi connectivity index (χ4n) is 4.45. The van der Waals surface area contributed by atoms with Gasteiger partial charge in [0.05, 0.1) is 15.1 Å². The SMILES string of the molecule is CC1CCN(S(=O)(=O)c2ccc(C(=O)N(CCN(C)C)c3nc4cc5c(cc4s3)OCCO5)cc2)CC1.Cl. The zero-order chi connectivity index (χ0) is 26.2. The number of sulfonamides is 1. The van der Waals surface area contributed by atoms with Crippen LogP contribution in [0.5, 0.6) is 11.5 Å². The van der Waals surface area contributed by atoms with Crippen LogP contribution in [-0.2, 0) is 10.0 Å². The smallest absolute Gasteiger partial charge is 0.260 e. The second-order valence-corrected chi connectivity index (χ2v) is 12.8. The number of anilines is 1. The Morgan fingerprint density at radius 2 is 1.68 bits per heavy atom. The average Bonchev–Trinajstić information content (AvgIpc) is 3.29. The van der Waals surface area contributed by atoms with E-state index in [0.29, 0.717) is 67.5 Å². The summed E-state index contributed by atoms with van der Waals surface area (Å²) >= 11 is 1.42. The summed E-state index contributed by atoms with van der Waals surface area (Å²) in [5.41, 5.74) is 1.15. The molecule has 0 saturated carbocycles. The number of benzene rings is 2. The number of hydrogen-bond donors (Lipinski definition) is 0. The van der Waals surface area contributed by atoms with Gasteiger partial charge in [-0.05, 0) is 57.1 Å². The molecule has 0 radical (unpaired) electrons. The van der Waals surface area contributed by atoms with Gasteiger partial charge in [-0.1, -0.05) is 18.3 Å². The van der Waals surface area contributed by atoms with Gasteiger partial charge in [0.2, 0.25) is 10.0 Å². The summed E-state index contributed by atoms with van der Waals surface area (Å²) < 4.78 is 40.1. The molecule has 0 atom stereocenters. The highest BCUT2D eigenvalue weighted by Crippen LogP contribution is 2.39. The van der Waals surface area contributed by atoms with Gasteiger partial charge in [0, 0.05) is 43.9 Å². The number of ether oxygens (including phenoxy) is 2. The first-order valence-electron chi connectivity index (χ1n) is 12.5. The van der Waals surface area contributed by atoms with Gasteiger partial charge in [-0.15, -0.1) is 12.4 Å². The number of piperidine rings is 1. The molecule has 0 bridgehead atoms. The molecule has 2 aliphatic heterocycles. The molecule has 5 rings (SSSR count). The maximum absolute atomic E-state index is 13.7. The second kappa shape index (κ2) is 11.7. The minimum atomic E-state index is -3.58. The van der Waals surface area contributed by atoms with Crippen molar-refractivity contribution in [2.24, 2.45) is 5.92 Å². The summed E-state index contributed by atoms with van der Waals surface area (Å²) in [6, 6.07) is 10.0. The predicted molar refractivity (Wildman–Crippen MR) is 152 cm³/mol. The molecule has 2 aliphatic rings. The molecule has 1 aromatic heterocycles. The summed E-state index contributed by atoms with van der Waals surface area (Å²) in [5.74, 6) is 1.64. The van der Waals surface area contributed by atoms with Crippen LogP contribution < -0.4 is 14.4 Å². The van der Waals surface area contributed by atoms with Crippen LogP contribution in [0.2, 0.25) is 0 Å². The van der Waals surface area contributed by atoms with Crippen molar-refractivity contribution in [3.63, 3.8) is 0 Å². The van der Waals surface area contributed by atoms with Crippen molar-refractivity contribution in [1.82, 2.24) is 14.2 Å². The fraction of sp³-hybridized carbons (Fsp3) is 0.462. The van der Waals surface area contributed by atoms with E-state index in [0.717, 1.165) is 23.1 Å². The number of rotatable bonds is 7. The average molecular weight is 581 g/mol. The third kappa shape index (κ3) is 5.91. The lowest BCUT2D eigenvalue weighted by Gasteiger charge is -2.29. The molecule has 9 nitrogen and oxygen atoms in total. The van der Waals surface area contributed by atoms with Gasteiger partial charge >= 0.3 is 0 Å². The molecule has 38 heavy (non-hydrogen) atoms. The molecular formula is C26H33ClN4O5S2. The van der Waals surface area contributed by atoms with Crippen molar-refractivity contribution in [3.8, 4) is 11.5 Å². The van der Waals surface area contributed by atoms with E-state index in [9.17, 15) is 13.2 Å². The van der Waals surface area contributed by atoms with Gasteiger partial charge in [0.1, 0.15) is 13.2 Å². The Morgan fingerprint density at radius 3 is 2.32 bits per heavy atom. The highest BCUT2D eigenvalue weighted by Gasteiger charge is 2.29. The van der Waals surface area contributed by atoms with Crippen LogP contribution in [0.25, 0.3) is 10.2 Å². The van der Waals surface area contributed by atoms with Crippen LogP contribution in [0, 0.1) is 5.92 Å². The minimum absolute atomic E-state index is 0. The van der Waals surface area contributed by atoms with E-state index in [1.54, 1.807) is 21.3 Å². The van der Waals surface area contributed by atoms with Gasteiger partial charge in [-0.2, -0.15) is 4.31 Å². The Balaban J connectivity index is 0.00000336. The maximum atomic E-state index is 13.7. The molecule has 0 N–H and O–H groups in total. The molecule has 2 aromatic carbocycles. The van der Waals surface area contributed by atoms with E-state index < -0.39 is 10.0 Å². The Bertz CT molecular complexity index is 1340. The van der Waals surface area contributed by atoms with Crippen molar-refractivity contribution < 1.29 is 22.7 Å². The normalized spacial score (nSPS) is 16.4. The summed E-state index contributed by atoms with van der Waals surface area (Å²) in [4.78, 5) is 22.3. The van der Waals surface area contributed by atoms with Gasteiger partial charge in [-0.25, -0.2) is 13.4 Å². The van der Waals surface area contributed by atoms with E-state index in [2.05, 4.69) is 6.92 Å². The molecule has 1 saturated heterocycles. The fourth-order valence-corrected chi connectivity index (χ4v) is 6.92. The van der Waals surface area contributed by atoms with Crippen molar-refractivity contribution in [3.05, 3.63) is 42.0 Å². The molecule has 0 spiro atoms. The van der Waals surface area contributed by atoms with Gasteiger partial charge in [-0.3, -0.25) is 9.69 Å². The minimum Gasteiger partial charge on any atom is -0.486 e. The molecular weight excluding hydrogens is 548 g/mol. The number of nitrogens with zero attached hydrogens (tertiary/aromatic N) is 4. The quantitative estimate of drug-likeness (QED) is 0.415. The molecule has 3 aromatic rings. The standard InChI is InChI=1S/C26H32N4O5S2.ClH/c1-18-8-10-29(11-9-18)37(32,33)20-6-4-19(5-7-20)25(31)30(13-12-28(2)3)26-27-21-16-22-23(17-24(21)36-26)35-15-14-34-22;/h4-7,16-18H,8-15H2,1-3H3;1H. The van der Waals surface area contributed by atoms with E-state index >= 15 is 0 Å². The molecule has 12 heteroatoms. The maximum Gasteiger partial charge on any atom is 0.260 e. The Hall–Kier alpha value is -2.44. The summed E-state index contributed by atoms with van der Waals surface area (Å²) in [7, 11) is 0.319. The zero-order valence-electron chi connectivity index (χ0n) is 21.8. The first-order valence-corrected chi connectivity index (χ1v) is 14.7. The summed E-state index contributed by atoms with van der Waals surface area (Å²) in [6.45, 7) is 5.27. The molecule has 1 amide bonds.